The number of rotatable bonds is 8. The van der Waals surface area contributed by atoms with Crippen molar-refractivity contribution in [1.82, 2.24) is 15.1 Å². The third kappa shape index (κ3) is 6.16. The van der Waals surface area contributed by atoms with Gasteiger partial charge in [0.15, 0.2) is 0 Å². The molecule has 0 aromatic heterocycles. The van der Waals surface area contributed by atoms with Crippen LogP contribution in [0.5, 0.6) is 5.75 Å². The Kier molecular flexibility index (Phi) is 7.43. The van der Waals surface area contributed by atoms with Crippen molar-refractivity contribution in [1.29, 1.82) is 0 Å². The van der Waals surface area contributed by atoms with E-state index in [1.165, 1.54) is 18.2 Å². The predicted octanol–water partition coefficient (Wildman–Crippen LogP) is 2.82. The minimum atomic E-state index is -0.506. The molecule has 0 aliphatic carbocycles. The fourth-order valence-corrected chi connectivity index (χ4v) is 3.91. The Bertz CT molecular complexity index is 1030. The Labute approximate surface area is 183 Å². The van der Waals surface area contributed by atoms with Crippen molar-refractivity contribution in [2.75, 3.05) is 26.7 Å². The van der Waals surface area contributed by atoms with Crippen molar-refractivity contribution in [3.05, 3.63) is 70.4 Å². The molecule has 0 bridgehead atoms. The van der Waals surface area contributed by atoms with Gasteiger partial charge in [0.2, 0.25) is 5.91 Å². The topological polar surface area (TPSA) is 90.0 Å². The summed E-state index contributed by atoms with van der Waals surface area (Å²) >= 11 is 0.748. The summed E-state index contributed by atoms with van der Waals surface area (Å²) in [6, 6.07) is 12.8. The van der Waals surface area contributed by atoms with E-state index in [4.69, 9.17) is 0 Å². The number of imide groups is 1. The van der Waals surface area contributed by atoms with Gasteiger partial charge in [-0.2, -0.15) is 0 Å². The van der Waals surface area contributed by atoms with Crippen LogP contribution in [0.3, 0.4) is 0 Å². The Balaban J connectivity index is 1.47. The molecule has 0 unspecified atom stereocenters. The van der Waals surface area contributed by atoms with Crippen LogP contribution in [0.25, 0.3) is 6.08 Å². The molecule has 1 fully saturated rings. The van der Waals surface area contributed by atoms with Crippen molar-refractivity contribution in [3.63, 3.8) is 0 Å². The number of likely N-dealkylation sites (N-methyl/N-ethyl adjacent to an activating group) is 1. The molecule has 0 spiro atoms. The molecule has 1 aliphatic heterocycles. The van der Waals surface area contributed by atoms with Crippen molar-refractivity contribution in [2.24, 2.45) is 0 Å². The zero-order valence-corrected chi connectivity index (χ0v) is 17.7. The summed E-state index contributed by atoms with van der Waals surface area (Å²) in [7, 11) is 1.77. The van der Waals surface area contributed by atoms with Gasteiger partial charge < -0.3 is 10.4 Å². The van der Waals surface area contributed by atoms with E-state index in [0.29, 0.717) is 6.54 Å². The van der Waals surface area contributed by atoms with E-state index >= 15 is 0 Å². The van der Waals surface area contributed by atoms with E-state index in [9.17, 15) is 23.9 Å². The van der Waals surface area contributed by atoms with Gasteiger partial charge in [0.25, 0.3) is 11.1 Å². The lowest BCUT2D eigenvalue weighted by Gasteiger charge is -2.17. The van der Waals surface area contributed by atoms with E-state index in [1.54, 1.807) is 42.3 Å². The molecule has 1 heterocycles. The van der Waals surface area contributed by atoms with Crippen LogP contribution in [0.15, 0.2) is 53.4 Å². The Morgan fingerprint density at radius 3 is 2.74 bits per heavy atom. The monoisotopic (exact) mass is 443 g/mol. The molecule has 2 aromatic carbocycles. The molecule has 3 amide bonds. The average Bonchev–Trinajstić information content (AvgIpc) is 2.97. The highest BCUT2D eigenvalue weighted by atomic mass is 32.2. The molecule has 0 atom stereocenters. The van der Waals surface area contributed by atoms with Gasteiger partial charge in [0.05, 0.1) is 11.4 Å². The van der Waals surface area contributed by atoms with Crippen LogP contribution in [0, 0.1) is 5.82 Å². The molecule has 1 saturated heterocycles. The normalized spacial score (nSPS) is 15.2. The molecular weight excluding hydrogens is 421 g/mol. The van der Waals surface area contributed by atoms with Gasteiger partial charge in [-0.3, -0.25) is 24.2 Å². The Morgan fingerprint density at radius 1 is 1.23 bits per heavy atom. The molecular formula is C22H22FN3O4S. The van der Waals surface area contributed by atoms with E-state index in [2.05, 4.69) is 5.32 Å². The molecule has 1 aliphatic rings. The van der Waals surface area contributed by atoms with Gasteiger partial charge in [-0.15, -0.1) is 0 Å². The van der Waals surface area contributed by atoms with Gasteiger partial charge in [-0.25, -0.2) is 4.39 Å². The first kappa shape index (κ1) is 22.5. The largest absolute Gasteiger partial charge is 0.508 e. The quantitative estimate of drug-likeness (QED) is 0.610. The number of nitrogens with zero attached hydrogens (tertiary/aromatic N) is 2. The highest BCUT2D eigenvalue weighted by molar-refractivity contribution is 8.18. The van der Waals surface area contributed by atoms with E-state index in [1.807, 2.05) is 6.07 Å². The number of thioether (sulfide) groups is 1. The van der Waals surface area contributed by atoms with Crippen LogP contribution in [-0.2, 0) is 16.1 Å². The molecule has 0 radical (unpaired) electrons. The molecule has 0 saturated carbocycles. The van der Waals surface area contributed by atoms with Crippen LogP contribution in [-0.4, -0.2) is 58.6 Å². The molecule has 2 aromatic rings. The van der Waals surface area contributed by atoms with Gasteiger partial charge in [-0.1, -0.05) is 30.3 Å². The van der Waals surface area contributed by atoms with Gasteiger partial charge in [0, 0.05) is 25.2 Å². The van der Waals surface area contributed by atoms with E-state index < -0.39 is 17.0 Å². The first-order valence-corrected chi connectivity index (χ1v) is 10.4. The predicted molar refractivity (Wildman–Crippen MR) is 117 cm³/mol. The molecule has 7 nitrogen and oxygen atoms in total. The minimum absolute atomic E-state index is 0.0291. The Hall–Kier alpha value is -3.17. The molecule has 3 rings (SSSR count). The summed E-state index contributed by atoms with van der Waals surface area (Å²) in [4.78, 5) is 39.7. The Morgan fingerprint density at radius 2 is 2.00 bits per heavy atom. The summed E-state index contributed by atoms with van der Waals surface area (Å²) in [5, 5.41) is 11.7. The van der Waals surface area contributed by atoms with Gasteiger partial charge in [-0.05, 0) is 48.6 Å². The standard InChI is InChI=1S/C22H22FN3O4S/c1-25(13-15-5-4-7-17(27)11-15)14-20(28)24-9-10-26-21(29)19(31-22(26)30)12-16-6-2-3-8-18(16)23/h2-8,11-12,27H,9-10,13-14H2,1H3,(H,24,28)/b19-12+. The number of phenolic OH excluding ortho intramolecular Hbond substituents is 1. The second kappa shape index (κ2) is 10.2. The lowest BCUT2D eigenvalue weighted by Crippen LogP contribution is -2.40. The third-order valence-electron chi connectivity index (χ3n) is 4.50. The number of benzene rings is 2. The highest BCUT2D eigenvalue weighted by Gasteiger charge is 2.34. The molecule has 162 valence electrons. The number of hydrogen-bond acceptors (Lipinski definition) is 6. The summed E-state index contributed by atoms with van der Waals surface area (Å²) < 4.78 is 13.8. The maximum absolute atomic E-state index is 13.8. The number of carbonyl (C=O) groups is 3. The fourth-order valence-electron chi connectivity index (χ4n) is 3.06. The first-order valence-electron chi connectivity index (χ1n) is 9.56. The van der Waals surface area contributed by atoms with E-state index in [-0.39, 0.29) is 41.8 Å². The van der Waals surface area contributed by atoms with Crippen LogP contribution in [0.4, 0.5) is 9.18 Å². The molecule has 2 N–H and O–H groups in total. The third-order valence-corrected chi connectivity index (χ3v) is 5.41. The van der Waals surface area contributed by atoms with Crippen LogP contribution >= 0.6 is 11.8 Å². The van der Waals surface area contributed by atoms with Crippen molar-refractivity contribution >= 4 is 34.9 Å². The fraction of sp³-hybridized carbons (Fsp3) is 0.227. The number of halogens is 1. The van der Waals surface area contributed by atoms with E-state index in [0.717, 1.165) is 22.2 Å². The van der Waals surface area contributed by atoms with Gasteiger partial charge in [0.1, 0.15) is 11.6 Å². The first-order chi connectivity index (χ1) is 14.8. The van der Waals surface area contributed by atoms with Crippen LogP contribution < -0.4 is 5.32 Å². The van der Waals surface area contributed by atoms with Gasteiger partial charge >= 0.3 is 0 Å². The number of nitrogens with one attached hydrogen (secondary N) is 1. The zero-order valence-electron chi connectivity index (χ0n) is 16.9. The summed E-state index contributed by atoms with van der Waals surface area (Å²) in [5.41, 5.74) is 1.10. The second-order valence-electron chi connectivity index (χ2n) is 7.05. The van der Waals surface area contributed by atoms with Crippen LogP contribution in [0.1, 0.15) is 11.1 Å². The number of hydrogen-bond donors (Lipinski definition) is 2. The molecule has 9 heteroatoms. The highest BCUT2D eigenvalue weighted by Crippen LogP contribution is 2.32. The van der Waals surface area contributed by atoms with Crippen LogP contribution in [0.2, 0.25) is 0 Å². The summed E-state index contributed by atoms with van der Waals surface area (Å²) in [6.07, 6.45) is 1.36. The lowest BCUT2D eigenvalue weighted by molar-refractivity contribution is -0.124. The molecule has 31 heavy (non-hydrogen) atoms. The number of amides is 3. The van der Waals surface area contributed by atoms with Crippen molar-refractivity contribution in [3.8, 4) is 5.75 Å². The SMILES string of the molecule is CN(CC(=O)NCCN1C(=O)S/C(=C/c2ccccc2F)C1=O)Cc1cccc(O)c1. The average molecular weight is 444 g/mol. The zero-order chi connectivity index (χ0) is 22.4. The summed E-state index contributed by atoms with van der Waals surface area (Å²) in [5.74, 6) is -1.07. The van der Waals surface area contributed by atoms with Crippen molar-refractivity contribution in [2.45, 2.75) is 6.54 Å². The number of carbonyl (C=O) groups excluding carboxylic acids is 3. The number of phenols is 1. The second-order valence-corrected chi connectivity index (χ2v) is 8.04. The minimum Gasteiger partial charge on any atom is -0.508 e. The maximum Gasteiger partial charge on any atom is 0.293 e. The number of aromatic hydroxyl groups is 1. The smallest absolute Gasteiger partial charge is 0.293 e. The van der Waals surface area contributed by atoms with Crippen molar-refractivity contribution < 1.29 is 23.9 Å². The summed E-state index contributed by atoms with van der Waals surface area (Å²) in [6.45, 7) is 0.738. The maximum atomic E-state index is 13.8. The lowest BCUT2D eigenvalue weighted by atomic mass is 10.2.